The number of carbonyl (C=O) groups is 2. The van der Waals surface area contributed by atoms with Crippen LogP contribution in [0.25, 0.3) is 0 Å². The number of unbranched alkanes of at least 4 members (excludes halogenated alkanes) is 16. The van der Waals surface area contributed by atoms with Crippen molar-refractivity contribution in [1.29, 1.82) is 0 Å². The molecule has 0 radical (unpaired) electrons. The number of hydrogen-bond acceptors (Lipinski definition) is 5. The van der Waals surface area contributed by atoms with E-state index in [2.05, 4.69) is 39.6 Å². The first-order valence-electron chi connectivity index (χ1n) is 20.5. The van der Waals surface area contributed by atoms with Gasteiger partial charge < -0.3 is 14.4 Å². The molecule has 0 aliphatic heterocycles. The molecule has 0 amide bonds. The average molecular weight is 652 g/mol. The number of esters is 2. The maximum absolute atomic E-state index is 12.4. The van der Waals surface area contributed by atoms with Crippen LogP contribution in [0, 0.1) is 11.8 Å². The zero-order valence-corrected chi connectivity index (χ0v) is 31.9. The van der Waals surface area contributed by atoms with Gasteiger partial charge in [-0.1, -0.05) is 143 Å². The fourth-order valence-corrected chi connectivity index (χ4v) is 6.39. The third-order valence-corrected chi connectivity index (χ3v) is 9.67. The standard InChI is InChI=1S/C41H81NO4/c1-6-10-14-17-23-31-39(30-22-16-12-8-3)37-46-41(44)33-25-19-27-35-42(5)34-26-18-24-32-40(43)45-36-38(28-20-13-9-4)29-21-15-11-7-2/h38-39H,6-37H2,1-5H3. The minimum Gasteiger partial charge on any atom is -0.465 e. The molecular formula is C41H81NO4. The van der Waals surface area contributed by atoms with Crippen LogP contribution >= 0.6 is 0 Å². The lowest BCUT2D eigenvalue weighted by atomic mass is 9.95. The van der Waals surface area contributed by atoms with Gasteiger partial charge in [-0.2, -0.15) is 0 Å². The topological polar surface area (TPSA) is 55.8 Å². The number of ether oxygens (including phenoxy) is 2. The maximum atomic E-state index is 12.4. The van der Waals surface area contributed by atoms with E-state index in [1.165, 1.54) is 128 Å². The first-order chi connectivity index (χ1) is 22.5. The lowest BCUT2D eigenvalue weighted by Gasteiger charge is -2.18. The number of nitrogens with zero attached hydrogens (tertiary/aromatic N) is 1. The Labute approximate surface area is 288 Å². The Morgan fingerprint density at radius 3 is 1.13 bits per heavy atom. The van der Waals surface area contributed by atoms with E-state index < -0.39 is 0 Å². The monoisotopic (exact) mass is 652 g/mol. The highest BCUT2D eigenvalue weighted by Crippen LogP contribution is 2.21. The summed E-state index contributed by atoms with van der Waals surface area (Å²) in [6.07, 6.45) is 32.8. The van der Waals surface area contributed by atoms with E-state index in [9.17, 15) is 9.59 Å². The summed E-state index contributed by atoms with van der Waals surface area (Å²) in [5.41, 5.74) is 0. The van der Waals surface area contributed by atoms with Crippen molar-refractivity contribution in [3.8, 4) is 0 Å². The third-order valence-electron chi connectivity index (χ3n) is 9.67. The van der Waals surface area contributed by atoms with Crippen LogP contribution in [0.15, 0.2) is 0 Å². The van der Waals surface area contributed by atoms with Crippen molar-refractivity contribution >= 4 is 11.9 Å². The summed E-state index contributed by atoms with van der Waals surface area (Å²) < 4.78 is 11.5. The van der Waals surface area contributed by atoms with Gasteiger partial charge in [0.2, 0.25) is 0 Å². The van der Waals surface area contributed by atoms with Gasteiger partial charge in [0.15, 0.2) is 0 Å². The second-order valence-electron chi connectivity index (χ2n) is 14.4. The second kappa shape index (κ2) is 35.2. The molecule has 0 N–H and O–H groups in total. The molecule has 0 aromatic heterocycles. The number of hydrogen-bond donors (Lipinski definition) is 0. The van der Waals surface area contributed by atoms with Gasteiger partial charge in [-0.3, -0.25) is 9.59 Å². The van der Waals surface area contributed by atoms with E-state index in [1.54, 1.807) is 0 Å². The predicted molar refractivity (Wildman–Crippen MR) is 198 cm³/mol. The highest BCUT2D eigenvalue weighted by molar-refractivity contribution is 5.69. The Morgan fingerprint density at radius 1 is 0.435 bits per heavy atom. The predicted octanol–water partition coefficient (Wildman–Crippen LogP) is 12.2. The van der Waals surface area contributed by atoms with Crippen molar-refractivity contribution in [2.24, 2.45) is 11.8 Å². The first kappa shape index (κ1) is 44.9. The van der Waals surface area contributed by atoms with E-state index in [0.29, 0.717) is 37.9 Å². The van der Waals surface area contributed by atoms with Crippen LogP contribution in [-0.2, 0) is 19.1 Å². The molecule has 274 valence electrons. The summed E-state index contributed by atoms with van der Waals surface area (Å²) in [4.78, 5) is 27.1. The van der Waals surface area contributed by atoms with Gasteiger partial charge in [0.05, 0.1) is 13.2 Å². The molecule has 0 fully saturated rings. The Kier molecular flexibility index (Phi) is 34.4. The molecule has 5 heteroatoms. The van der Waals surface area contributed by atoms with E-state index in [0.717, 1.165) is 51.6 Å². The average Bonchev–Trinajstić information content (AvgIpc) is 3.05. The molecule has 2 atom stereocenters. The highest BCUT2D eigenvalue weighted by Gasteiger charge is 2.14. The summed E-state index contributed by atoms with van der Waals surface area (Å²) in [6.45, 7) is 12.4. The van der Waals surface area contributed by atoms with Crippen molar-refractivity contribution in [2.75, 3.05) is 33.4 Å². The van der Waals surface area contributed by atoms with Gasteiger partial charge in [0, 0.05) is 12.8 Å². The first-order valence-corrected chi connectivity index (χ1v) is 20.5. The van der Waals surface area contributed by atoms with E-state index in [-0.39, 0.29) is 11.9 Å². The van der Waals surface area contributed by atoms with Gasteiger partial charge >= 0.3 is 11.9 Å². The minimum absolute atomic E-state index is 0.00425. The van der Waals surface area contributed by atoms with Crippen LogP contribution in [0.4, 0.5) is 0 Å². The van der Waals surface area contributed by atoms with Gasteiger partial charge in [0.25, 0.3) is 0 Å². The lowest BCUT2D eigenvalue weighted by molar-refractivity contribution is -0.146. The molecule has 0 saturated carbocycles. The van der Waals surface area contributed by atoms with Crippen LogP contribution in [0.3, 0.4) is 0 Å². The normalized spacial score (nSPS) is 12.8. The fourth-order valence-electron chi connectivity index (χ4n) is 6.39. The van der Waals surface area contributed by atoms with Gasteiger partial charge in [0.1, 0.15) is 0 Å². The summed E-state index contributed by atoms with van der Waals surface area (Å²) in [5, 5.41) is 0. The molecule has 46 heavy (non-hydrogen) atoms. The van der Waals surface area contributed by atoms with Crippen LogP contribution in [0.5, 0.6) is 0 Å². The molecule has 0 aliphatic carbocycles. The summed E-state index contributed by atoms with van der Waals surface area (Å²) in [5.74, 6) is 1.07. The lowest BCUT2D eigenvalue weighted by Crippen LogP contribution is -2.21. The number of carbonyl (C=O) groups excluding carboxylic acids is 2. The summed E-state index contributed by atoms with van der Waals surface area (Å²) in [6, 6.07) is 0. The SMILES string of the molecule is CCCCCCCC(CCCCCC)COC(=O)CCCCCN(C)CCCCCC(=O)OCC(CCCCC)CCCCCC. The molecule has 2 unspecified atom stereocenters. The summed E-state index contributed by atoms with van der Waals surface area (Å²) >= 11 is 0. The second-order valence-corrected chi connectivity index (χ2v) is 14.4. The largest absolute Gasteiger partial charge is 0.465 e. The Bertz CT molecular complexity index is 654. The van der Waals surface area contributed by atoms with Crippen molar-refractivity contribution in [2.45, 2.75) is 207 Å². The number of rotatable bonds is 36. The van der Waals surface area contributed by atoms with Crippen LogP contribution < -0.4 is 0 Å². The van der Waals surface area contributed by atoms with Crippen molar-refractivity contribution in [3.63, 3.8) is 0 Å². The Hall–Kier alpha value is -1.10. The maximum Gasteiger partial charge on any atom is 0.305 e. The van der Waals surface area contributed by atoms with Crippen LogP contribution in [-0.4, -0.2) is 50.2 Å². The highest BCUT2D eigenvalue weighted by atomic mass is 16.5. The zero-order valence-electron chi connectivity index (χ0n) is 31.9. The molecule has 0 saturated heterocycles. The molecule has 0 heterocycles. The Morgan fingerprint density at radius 2 is 0.739 bits per heavy atom. The van der Waals surface area contributed by atoms with E-state index in [4.69, 9.17) is 9.47 Å². The third kappa shape index (κ3) is 31.5. The van der Waals surface area contributed by atoms with Crippen molar-refractivity contribution in [3.05, 3.63) is 0 Å². The summed E-state index contributed by atoms with van der Waals surface area (Å²) in [7, 11) is 2.19. The molecule has 0 aliphatic rings. The Balaban J connectivity index is 3.95. The van der Waals surface area contributed by atoms with Gasteiger partial charge in [-0.25, -0.2) is 0 Å². The van der Waals surface area contributed by atoms with E-state index >= 15 is 0 Å². The van der Waals surface area contributed by atoms with Crippen LogP contribution in [0.2, 0.25) is 0 Å². The molecule has 0 aromatic carbocycles. The molecule has 0 spiro atoms. The zero-order chi connectivity index (χ0) is 33.9. The van der Waals surface area contributed by atoms with Gasteiger partial charge in [-0.05, 0) is 83.3 Å². The smallest absolute Gasteiger partial charge is 0.305 e. The molecule has 0 rings (SSSR count). The van der Waals surface area contributed by atoms with Crippen molar-refractivity contribution in [1.82, 2.24) is 4.90 Å². The molecule has 5 nitrogen and oxygen atoms in total. The fraction of sp³-hybridized carbons (Fsp3) is 0.951. The minimum atomic E-state index is -0.00849. The molecule has 0 bridgehead atoms. The quantitative estimate of drug-likeness (QED) is 0.0498. The molecular weight excluding hydrogens is 570 g/mol. The van der Waals surface area contributed by atoms with Gasteiger partial charge in [-0.15, -0.1) is 0 Å². The molecule has 0 aromatic rings. The van der Waals surface area contributed by atoms with E-state index in [1.807, 2.05) is 0 Å². The van der Waals surface area contributed by atoms with Crippen LogP contribution in [0.1, 0.15) is 207 Å². The van der Waals surface area contributed by atoms with Crippen molar-refractivity contribution < 1.29 is 19.1 Å².